The van der Waals surface area contributed by atoms with Crippen molar-refractivity contribution in [1.29, 1.82) is 0 Å². The average molecular weight is 418 g/mol. The number of rotatable bonds is 8. The van der Waals surface area contributed by atoms with Gasteiger partial charge < -0.3 is 5.32 Å². The summed E-state index contributed by atoms with van der Waals surface area (Å²) in [5.74, 6) is 0.854. The molecule has 7 heteroatoms. The van der Waals surface area contributed by atoms with Crippen molar-refractivity contribution in [2.45, 2.75) is 22.8 Å². The summed E-state index contributed by atoms with van der Waals surface area (Å²) < 4.78 is 13.6. The monoisotopic (exact) mass is 417 g/mol. The van der Waals surface area contributed by atoms with Gasteiger partial charge in [-0.3, -0.25) is 4.79 Å². The van der Waals surface area contributed by atoms with Crippen molar-refractivity contribution in [3.63, 3.8) is 0 Å². The lowest BCUT2D eigenvalue weighted by atomic mass is 10.2. The largest absolute Gasteiger partial charge is 0.354 e. The van der Waals surface area contributed by atoms with Gasteiger partial charge in [0.1, 0.15) is 5.82 Å². The van der Waals surface area contributed by atoms with Crippen molar-refractivity contribution in [1.82, 2.24) is 5.32 Å². The van der Waals surface area contributed by atoms with Gasteiger partial charge in [0, 0.05) is 38.6 Å². The molecule has 25 heavy (non-hydrogen) atoms. The first-order valence-electron chi connectivity index (χ1n) is 7.68. The summed E-state index contributed by atoms with van der Waals surface area (Å²) in [6, 6.07) is 12.1. The molecule has 2 rings (SSSR count). The Morgan fingerprint density at radius 3 is 2.60 bits per heavy atom. The van der Waals surface area contributed by atoms with Crippen molar-refractivity contribution in [2.24, 2.45) is 0 Å². The van der Waals surface area contributed by atoms with Crippen LogP contribution in [0.25, 0.3) is 0 Å². The Bertz CT molecular complexity index is 692. The molecule has 0 saturated carbocycles. The molecular weight excluding hydrogens is 400 g/mol. The molecule has 0 heterocycles. The molecule has 2 nitrogen and oxygen atoms in total. The van der Waals surface area contributed by atoms with Crippen LogP contribution in [-0.4, -0.2) is 23.5 Å². The standard InChI is InChI=1S/C18H18Cl2FNOS2/c1-12(25-14-7-5-13(19)6-8-14)18(23)22-9-10-24-11-15-16(20)3-2-4-17(15)21/h2-8,12H,9-11H2,1H3,(H,22,23)/t12-/m0/s1. The first-order chi connectivity index (χ1) is 12.0. The lowest BCUT2D eigenvalue weighted by Gasteiger charge is -2.12. The Labute approximate surface area is 165 Å². The molecule has 2 aromatic rings. The van der Waals surface area contributed by atoms with Gasteiger partial charge in [0.25, 0.3) is 0 Å². The van der Waals surface area contributed by atoms with Gasteiger partial charge in [-0.15, -0.1) is 11.8 Å². The van der Waals surface area contributed by atoms with Crippen LogP contribution in [0.5, 0.6) is 0 Å². The highest BCUT2D eigenvalue weighted by molar-refractivity contribution is 8.00. The van der Waals surface area contributed by atoms with Gasteiger partial charge in [0.15, 0.2) is 0 Å². The summed E-state index contributed by atoms with van der Waals surface area (Å²) in [5, 5.41) is 3.80. The zero-order valence-corrected chi connectivity index (χ0v) is 16.7. The third kappa shape index (κ3) is 6.74. The molecule has 0 aromatic heterocycles. The Morgan fingerprint density at radius 2 is 1.92 bits per heavy atom. The van der Waals surface area contributed by atoms with E-state index in [0.29, 0.717) is 33.7 Å². The molecule has 0 radical (unpaired) electrons. The van der Waals surface area contributed by atoms with Crippen LogP contribution in [0.2, 0.25) is 10.0 Å². The van der Waals surface area contributed by atoms with E-state index in [2.05, 4.69) is 5.32 Å². The van der Waals surface area contributed by atoms with Crippen LogP contribution in [0.15, 0.2) is 47.4 Å². The lowest BCUT2D eigenvalue weighted by molar-refractivity contribution is -0.120. The maximum Gasteiger partial charge on any atom is 0.233 e. The van der Waals surface area contributed by atoms with E-state index in [1.165, 1.54) is 29.6 Å². The van der Waals surface area contributed by atoms with Gasteiger partial charge in [-0.25, -0.2) is 4.39 Å². The lowest BCUT2D eigenvalue weighted by Crippen LogP contribution is -2.32. The van der Waals surface area contributed by atoms with Crippen molar-refractivity contribution < 1.29 is 9.18 Å². The third-order valence-corrected chi connectivity index (χ3v) is 6.05. The van der Waals surface area contributed by atoms with Gasteiger partial charge in [-0.05, 0) is 43.3 Å². The molecule has 0 aliphatic carbocycles. The Kier molecular flexibility index (Phi) is 8.43. The molecule has 1 atom stereocenters. The van der Waals surface area contributed by atoms with Crippen molar-refractivity contribution in [3.05, 3.63) is 63.9 Å². The average Bonchev–Trinajstić information content (AvgIpc) is 2.58. The summed E-state index contributed by atoms with van der Waals surface area (Å²) in [7, 11) is 0. The molecule has 1 amide bonds. The van der Waals surface area contributed by atoms with E-state index in [0.717, 1.165) is 4.90 Å². The second-order valence-corrected chi connectivity index (χ2v) is 8.62. The molecule has 0 bridgehead atoms. The Morgan fingerprint density at radius 1 is 1.20 bits per heavy atom. The van der Waals surface area contributed by atoms with Gasteiger partial charge in [0.05, 0.1) is 5.25 Å². The highest BCUT2D eigenvalue weighted by Gasteiger charge is 2.14. The fourth-order valence-electron chi connectivity index (χ4n) is 2.01. The Hall–Kier alpha value is -0.880. The number of amides is 1. The fraction of sp³-hybridized carbons (Fsp3) is 0.278. The van der Waals surface area contributed by atoms with E-state index < -0.39 is 0 Å². The summed E-state index contributed by atoms with van der Waals surface area (Å²) in [5.41, 5.74) is 0.507. The van der Waals surface area contributed by atoms with Crippen LogP contribution >= 0.6 is 46.7 Å². The molecule has 0 aliphatic heterocycles. The zero-order valence-electron chi connectivity index (χ0n) is 13.6. The summed E-state index contributed by atoms with van der Waals surface area (Å²) in [6.45, 7) is 2.39. The van der Waals surface area contributed by atoms with Crippen LogP contribution < -0.4 is 5.32 Å². The van der Waals surface area contributed by atoms with Gasteiger partial charge in [0.2, 0.25) is 5.91 Å². The fourth-order valence-corrected chi connectivity index (χ4v) is 4.22. The van der Waals surface area contributed by atoms with Crippen LogP contribution in [-0.2, 0) is 10.5 Å². The van der Waals surface area contributed by atoms with Crippen LogP contribution in [0.3, 0.4) is 0 Å². The van der Waals surface area contributed by atoms with Crippen LogP contribution in [0.4, 0.5) is 4.39 Å². The molecule has 1 N–H and O–H groups in total. The van der Waals surface area contributed by atoms with E-state index in [1.54, 1.807) is 24.3 Å². The summed E-state index contributed by atoms with van der Waals surface area (Å²) in [6.07, 6.45) is 0. The van der Waals surface area contributed by atoms with E-state index in [4.69, 9.17) is 23.2 Å². The first-order valence-corrected chi connectivity index (χ1v) is 10.5. The van der Waals surface area contributed by atoms with Gasteiger partial charge in [-0.2, -0.15) is 11.8 Å². The molecule has 2 aromatic carbocycles. The maximum atomic E-state index is 13.6. The van der Waals surface area contributed by atoms with E-state index in [9.17, 15) is 9.18 Å². The smallest absolute Gasteiger partial charge is 0.233 e. The normalized spacial score (nSPS) is 12.0. The Balaban J connectivity index is 1.68. The topological polar surface area (TPSA) is 29.1 Å². The highest BCUT2D eigenvalue weighted by atomic mass is 35.5. The number of hydrogen-bond donors (Lipinski definition) is 1. The second kappa shape index (κ2) is 10.3. The quantitative estimate of drug-likeness (QED) is 0.443. The van der Waals surface area contributed by atoms with Crippen LogP contribution in [0.1, 0.15) is 12.5 Å². The summed E-state index contributed by atoms with van der Waals surface area (Å²) in [4.78, 5) is 13.1. The first kappa shape index (κ1) is 20.4. The van der Waals surface area contributed by atoms with Gasteiger partial charge >= 0.3 is 0 Å². The van der Waals surface area contributed by atoms with E-state index >= 15 is 0 Å². The van der Waals surface area contributed by atoms with E-state index in [-0.39, 0.29) is 17.0 Å². The van der Waals surface area contributed by atoms with Crippen molar-refractivity contribution >= 4 is 52.6 Å². The van der Waals surface area contributed by atoms with Crippen molar-refractivity contribution in [2.75, 3.05) is 12.3 Å². The number of hydrogen-bond acceptors (Lipinski definition) is 3. The minimum absolute atomic E-state index is 0.0236. The predicted octanol–water partition coefficient (Wildman–Crippen LogP) is 5.66. The molecule has 0 fully saturated rings. The highest BCUT2D eigenvalue weighted by Crippen LogP contribution is 2.25. The molecule has 134 valence electrons. The van der Waals surface area contributed by atoms with Gasteiger partial charge in [-0.1, -0.05) is 29.3 Å². The number of nitrogens with one attached hydrogen (secondary N) is 1. The molecule has 0 saturated heterocycles. The van der Waals surface area contributed by atoms with E-state index in [1.807, 2.05) is 19.1 Å². The zero-order chi connectivity index (χ0) is 18.2. The number of halogens is 3. The third-order valence-electron chi connectivity index (χ3n) is 3.35. The SMILES string of the molecule is C[C@H](Sc1ccc(Cl)cc1)C(=O)NCCSCc1c(F)cccc1Cl. The number of carbonyl (C=O) groups excluding carboxylic acids is 1. The number of thioether (sulfide) groups is 2. The predicted molar refractivity (Wildman–Crippen MR) is 107 cm³/mol. The second-order valence-electron chi connectivity index (χ2n) is 5.26. The number of carbonyl (C=O) groups is 1. The van der Waals surface area contributed by atoms with Crippen molar-refractivity contribution in [3.8, 4) is 0 Å². The molecule has 0 spiro atoms. The minimum atomic E-state index is -0.294. The summed E-state index contributed by atoms with van der Waals surface area (Å²) >= 11 is 14.9. The van der Waals surface area contributed by atoms with Crippen LogP contribution in [0, 0.1) is 5.82 Å². The molecule has 0 aliphatic rings. The number of benzene rings is 2. The maximum absolute atomic E-state index is 13.6. The molecule has 0 unspecified atom stereocenters. The molecular formula is C18H18Cl2FNOS2. The minimum Gasteiger partial charge on any atom is -0.354 e.